The number of benzene rings is 1. The van der Waals surface area contributed by atoms with Gasteiger partial charge in [0.05, 0.1) is 6.61 Å². The quantitative estimate of drug-likeness (QED) is 0.825. The van der Waals surface area contributed by atoms with Crippen LogP contribution in [-0.2, 0) is 6.61 Å². The predicted molar refractivity (Wildman–Crippen MR) is 66.3 cm³/mol. The van der Waals surface area contributed by atoms with Crippen molar-refractivity contribution in [2.75, 3.05) is 16.8 Å². The van der Waals surface area contributed by atoms with Crippen LogP contribution in [0.2, 0.25) is 0 Å². The number of hydrogen-bond acceptors (Lipinski definition) is 3. The molecule has 0 spiro atoms. The van der Waals surface area contributed by atoms with E-state index < -0.39 is 0 Å². The molecule has 1 aliphatic rings. The highest BCUT2D eigenvalue weighted by molar-refractivity contribution is 7.99. The van der Waals surface area contributed by atoms with E-state index in [4.69, 9.17) is 0 Å². The second kappa shape index (κ2) is 5.42. The minimum atomic E-state index is 0.116. The topological polar surface area (TPSA) is 32.3 Å². The zero-order valence-corrected chi connectivity index (χ0v) is 9.59. The summed E-state index contributed by atoms with van der Waals surface area (Å²) in [7, 11) is 0. The Kier molecular flexibility index (Phi) is 3.92. The molecule has 0 saturated carbocycles. The Bertz CT molecular complexity index is 310. The molecule has 15 heavy (non-hydrogen) atoms. The Morgan fingerprint density at radius 3 is 2.73 bits per heavy atom. The molecule has 0 amide bonds. The Balaban J connectivity index is 2.02. The smallest absolute Gasteiger partial charge is 0.0701 e. The molecular weight excluding hydrogens is 206 g/mol. The summed E-state index contributed by atoms with van der Waals surface area (Å²) in [6.45, 7) is 0.116. The fourth-order valence-corrected chi connectivity index (χ4v) is 2.97. The van der Waals surface area contributed by atoms with E-state index in [0.29, 0.717) is 6.04 Å². The molecule has 1 aliphatic heterocycles. The van der Waals surface area contributed by atoms with Crippen LogP contribution in [-0.4, -0.2) is 22.7 Å². The highest BCUT2D eigenvalue weighted by atomic mass is 32.2. The molecule has 1 saturated heterocycles. The summed E-state index contributed by atoms with van der Waals surface area (Å²) in [6.07, 6.45) is 2.45. The third-order valence-electron chi connectivity index (χ3n) is 2.77. The van der Waals surface area contributed by atoms with Gasteiger partial charge in [0.2, 0.25) is 0 Å². The standard InChI is InChI=1S/C12H17NOS/c14-9-10-3-1-2-4-12(10)13-11-5-7-15-8-6-11/h1-4,11,13-14H,5-9H2. The summed E-state index contributed by atoms with van der Waals surface area (Å²) in [5.74, 6) is 2.50. The molecule has 0 aromatic heterocycles. The van der Waals surface area contributed by atoms with E-state index in [0.717, 1.165) is 11.3 Å². The lowest BCUT2D eigenvalue weighted by atomic mass is 10.1. The van der Waals surface area contributed by atoms with Gasteiger partial charge < -0.3 is 10.4 Å². The second-order valence-corrected chi connectivity index (χ2v) is 5.07. The molecular formula is C12H17NOS. The number of para-hydroxylation sites is 1. The second-order valence-electron chi connectivity index (χ2n) is 3.85. The molecule has 1 heterocycles. The average molecular weight is 223 g/mol. The van der Waals surface area contributed by atoms with Gasteiger partial charge in [-0.3, -0.25) is 0 Å². The number of hydrogen-bond donors (Lipinski definition) is 2. The van der Waals surface area contributed by atoms with Crippen LogP contribution in [0.4, 0.5) is 5.69 Å². The van der Waals surface area contributed by atoms with Crippen LogP contribution in [0.1, 0.15) is 18.4 Å². The molecule has 0 bridgehead atoms. The van der Waals surface area contributed by atoms with Crippen molar-refractivity contribution in [1.29, 1.82) is 0 Å². The molecule has 0 atom stereocenters. The zero-order valence-electron chi connectivity index (χ0n) is 8.78. The Morgan fingerprint density at radius 2 is 2.00 bits per heavy atom. The van der Waals surface area contributed by atoms with Crippen LogP contribution in [0.5, 0.6) is 0 Å². The van der Waals surface area contributed by atoms with Crippen molar-refractivity contribution >= 4 is 17.4 Å². The number of aliphatic hydroxyl groups is 1. The first-order valence-corrected chi connectivity index (χ1v) is 6.58. The van der Waals surface area contributed by atoms with Crippen molar-refractivity contribution in [2.45, 2.75) is 25.5 Å². The van der Waals surface area contributed by atoms with E-state index in [9.17, 15) is 5.11 Å². The molecule has 3 heteroatoms. The van der Waals surface area contributed by atoms with Crippen LogP contribution in [0.3, 0.4) is 0 Å². The third-order valence-corrected chi connectivity index (χ3v) is 3.82. The van der Waals surface area contributed by atoms with Gasteiger partial charge >= 0.3 is 0 Å². The van der Waals surface area contributed by atoms with E-state index in [1.807, 2.05) is 36.0 Å². The number of thioether (sulfide) groups is 1. The lowest BCUT2D eigenvalue weighted by Crippen LogP contribution is -2.25. The minimum Gasteiger partial charge on any atom is -0.392 e. The van der Waals surface area contributed by atoms with Crippen LogP contribution >= 0.6 is 11.8 Å². The Labute approximate surface area is 95.1 Å². The van der Waals surface area contributed by atoms with Gasteiger partial charge in [0.15, 0.2) is 0 Å². The van der Waals surface area contributed by atoms with Crippen molar-refractivity contribution in [1.82, 2.24) is 0 Å². The third kappa shape index (κ3) is 2.89. The van der Waals surface area contributed by atoms with Gasteiger partial charge in [-0.2, -0.15) is 11.8 Å². The van der Waals surface area contributed by atoms with Gasteiger partial charge in [-0.1, -0.05) is 18.2 Å². The van der Waals surface area contributed by atoms with Gasteiger partial charge in [0.1, 0.15) is 0 Å². The maximum atomic E-state index is 9.20. The fourth-order valence-electron chi connectivity index (χ4n) is 1.86. The van der Waals surface area contributed by atoms with E-state index in [1.54, 1.807) is 0 Å². The molecule has 0 aliphatic carbocycles. The van der Waals surface area contributed by atoms with Gasteiger partial charge in [-0.05, 0) is 30.4 Å². The molecule has 1 fully saturated rings. The summed E-state index contributed by atoms with van der Waals surface area (Å²) in [4.78, 5) is 0. The number of rotatable bonds is 3. The predicted octanol–water partition coefficient (Wildman–Crippen LogP) is 2.49. The van der Waals surface area contributed by atoms with Gasteiger partial charge in [0.25, 0.3) is 0 Å². The molecule has 82 valence electrons. The number of anilines is 1. The summed E-state index contributed by atoms with van der Waals surface area (Å²) >= 11 is 2.03. The van der Waals surface area contributed by atoms with Gasteiger partial charge in [-0.25, -0.2) is 0 Å². The van der Waals surface area contributed by atoms with E-state index in [2.05, 4.69) is 5.32 Å². The first kappa shape index (κ1) is 10.8. The first-order chi connectivity index (χ1) is 7.40. The normalized spacial score (nSPS) is 17.7. The van der Waals surface area contributed by atoms with E-state index in [-0.39, 0.29) is 6.61 Å². The Morgan fingerprint density at radius 1 is 1.27 bits per heavy atom. The van der Waals surface area contributed by atoms with Crippen molar-refractivity contribution in [3.8, 4) is 0 Å². The zero-order chi connectivity index (χ0) is 10.5. The average Bonchev–Trinajstić information content (AvgIpc) is 2.31. The van der Waals surface area contributed by atoms with Crippen LogP contribution in [0.25, 0.3) is 0 Å². The maximum Gasteiger partial charge on any atom is 0.0701 e. The van der Waals surface area contributed by atoms with Crippen molar-refractivity contribution in [2.24, 2.45) is 0 Å². The lowest BCUT2D eigenvalue weighted by Gasteiger charge is -2.24. The summed E-state index contributed by atoms with van der Waals surface area (Å²) in [5.41, 5.74) is 2.09. The van der Waals surface area contributed by atoms with Crippen LogP contribution in [0, 0.1) is 0 Å². The molecule has 0 radical (unpaired) electrons. The molecule has 2 N–H and O–H groups in total. The van der Waals surface area contributed by atoms with Gasteiger partial charge in [0, 0.05) is 17.3 Å². The molecule has 1 aromatic carbocycles. The summed E-state index contributed by atoms with van der Waals surface area (Å²) in [6, 6.07) is 8.58. The number of nitrogens with one attached hydrogen (secondary N) is 1. The van der Waals surface area contributed by atoms with E-state index in [1.165, 1.54) is 24.3 Å². The highest BCUT2D eigenvalue weighted by Gasteiger charge is 2.14. The lowest BCUT2D eigenvalue weighted by molar-refractivity contribution is 0.282. The SMILES string of the molecule is OCc1ccccc1NC1CCSCC1. The molecule has 2 nitrogen and oxygen atoms in total. The number of aliphatic hydroxyl groups excluding tert-OH is 1. The monoisotopic (exact) mass is 223 g/mol. The largest absolute Gasteiger partial charge is 0.392 e. The maximum absolute atomic E-state index is 9.20. The van der Waals surface area contributed by atoms with Crippen molar-refractivity contribution in [3.63, 3.8) is 0 Å². The first-order valence-electron chi connectivity index (χ1n) is 5.43. The van der Waals surface area contributed by atoms with Crippen LogP contribution < -0.4 is 5.32 Å². The summed E-state index contributed by atoms with van der Waals surface area (Å²) in [5, 5.41) is 12.7. The van der Waals surface area contributed by atoms with Gasteiger partial charge in [-0.15, -0.1) is 0 Å². The molecule has 1 aromatic rings. The Hall–Kier alpha value is -0.670. The fraction of sp³-hybridized carbons (Fsp3) is 0.500. The van der Waals surface area contributed by atoms with Crippen LogP contribution in [0.15, 0.2) is 24.3 Å². The molecule has 0 unspecified atom stereocenters. The highest BCUT2D eigenvalue weighted by Crippen LogP contribution is 2.23. The summed E-state index contributed by atoms with van der Waals surface area (Å²) < 4.78 is 0. The minimum absolute atomic E-state index is 0.116. The van der Waals surface area contributed by atoms with E-state index >= 15 is 0 Å². The van der Waals surface area contributed by atoms with Crippen molar-refractivity contribution in [3.05, 3.63) is 29.8 Å². The van der Waals surface area contributed by atoms with Crippen molar-refractivity contribution < 1.29 is 5.11 Å². The molecule has 2 rings (SSSR count).